The first-order valence-corrected chi connectivity index (χ1v) is 13.2. The van der Waals surface area contributed by atoms with Crippen LogP contribution in [0.25, 0.3) is 10.8 Å². The highest BCUT2D eigenvalue weighted by atomic mass is 32.2. The predicted octanol–water partition coefficient (Wildman–Crippen LogP) is 4.91. The standard InChI is InChI=1S/C20H18N6O2S4/c1-2-15(27)21-17-23-26-20(31-17)30-11-16(28)22-18-24-25-19(32-18)29-10-13-8-5-7-12-6-3-4-9-14(12)13/h3-9H,2,10-11H2,1H3,(H,21,23,27)(H,22,24,28). The van der Waals surface area contributed by atoms with E-state index in [9.17, 15) is 9.59 Å². The topological polar surface area (TPSA) is 110 Å². The molecule has 0 atom stereocenters. The summed E-state index contributed by atoms with van der Waals surface area (Å²) < 4.78 is 1.40. The van der Waals surface area contributed by atoms with Crippen LogP contribution in [-0.4, -0.2) is 38.0 Å². The van der Waals surface area contributed by atoms with Crippen LogP contribution < -0.4 is 10.6 Å². The second-order valence-corrected chi connectivity index (χ2v) is 10.8. The Balaban J connectivity index is 1.26. The average molecular weight is 503 g/mol. The van der Waals surface area contributed by atoms with E-state index in [4.69, 9.17) is 0 Å². The minimum absolute atomic E-state index is 0.124. The van der Waals surface area contributed by atoms with Gasteiger partial charge in [-0.05, 0) is 16.3 Å². The van der Waals surface area contributed by atoms with Gasteiger partial charge in [-0.3, -0.25) is 14.9 Å². The Hall–Kier alpha value is -2.54. The molecule has 0 aliphatic rings. The quantitative estimate of drug-likeness (QED) is 0.245. The normalized spacial score (nSPS) is 10.9. The predicted molar refractivity (Wildman–Crippen MR) is 132 cm³/mol. The Morgan fingerprint density at radius 2 is 1.50 bits per heavy atom. The molecule has 164 valence electrons. The van der Waals surface area contributed by atoms with Crippen molar-refractivity contribution in [1.29, 1.82) is 0 Å². The summed E-state index contributed by atoms with van der Waals surface area (Å²) in [5.74, 6) is 0.606. The molecule has 0 bridgehead atoms. The molecule has 12 heteroatoms. The molecule has 0 radical (unpaired) electrons. The summed E-state index contributed by atoms with van der Waals surface area (Å²) in [6.45, 7) is 1.76. The maximum atomic E-state index is 12.2. The number of anilines is 2. The van der Waals surface area contributed by atoms with Gasteiger partial charge in [0.1, 0.15) is 0 Å². The van der Waals surface area contributed by atoms with Gasteiger partial charge in [-0.25, -0.2) is 0 Å². The first kappa shape index (κ1) is 22.6. The lowest BCUT2D eigenvalue weighted by Crippen LogP contribution is -2.13. The molecule has 2 amide bonds. The summed E-state index contributed by atoms with van der Waals surface area (Å²) in [5.41, 5.74) is 1.23. The van der Waals surface area contributed by atoms with Gasteiger partial charge < -0.3 is 5.32 Å². The Morgan fingerprint density at radius 1 is 0.844 bits per heavy atom. The minimum Gasteiger partial charge on any atom is -0.301 e. The van der Waals surface area contributed by atoms with Crippen molar-refractivity contribution in [2.24, 2.45) is 0 Å². The largest absolute Gasteiger partial charge is 0.301 e. The molecule has 0 aliphatic heterocycles. The smallest absolute Gasteiger partial charge is 0.236 e. The van der Waals surface area contributed by atoms with Gasteiger partial charge in [0.25, 0.3) is 0 Å². The summed E-state index contributed by atoms with van der Waals surface area (Å²) in [6, 6.07) is 14.6. The lowest BCUT2D eigenvalue weighted by atomic mass is 10.1. The highest BCUT2D eigenvalue weighted by Crippen LogP contribution is 2.31. The zero-order chi connectivity index (χ0) is 22.3. The van der Waals surface area contributed by atoms with Gasteiger partial charge in [-0.15, -0.1) is 20.4 Å². The van der Waals surface area contributed by atoms with Gasteiger partial charge in [-0.2, -0.15) is 0 Å². The second-order valence-electron chi connectivity index (χ2n) is 6.41. The van der Waals surface area contributed by atoms with E-state index in [1.165, 1.54) is 50.8 Å². The molecule has 2 N–H and O–H groups in total. The highest BCUT2D eigenvalue weighted by molar-refractivity contribution is 8.01. The van der Waals surface area contributed by atoms with Crippen LogP contribution >= 0.6 is 46.2 Å². The van der Waals surface area contributed by atoms with E-state index in [0.29, 0.717) is 21.0 Å². The van der Waals surface area contributed by atoms with Crippen molar-refractivity contribution in [3.63, 3.8) is 0 Å². The molecule has 2 heterocycles. The summed E-state index contributed by atoms with van der Waals surface area (Å²) in [7, 11) is 0. The summed E-state index contributed by atoms with van der Waals surface area (Å²) in [5, 5.41) is 24.8. The van der Waals surface area contributed by atoms with Crippen LogP contribution in [-0.2, 0) is 15.3 Å². The van der Waals surface area contributed by atoms with Crippen molar-refractivity contribution in [2.75, 3.05) is 16.4 Å². The molecule has 0 aliphatic carbocycles. The zero-order valence-corrected chi connectivity index (χ0v) is 20.2. The number of aromatic nitrogens is 4. The number of nitrogens with zero attached hydrogens (tertiary/aromatic N) is 4. The number of carbonyl (C=O) groups excluding carboxylic acids is 2. The second kappa shape index (κ2) is 10.9. The van der Waals surface area contributed by atoms with Gasteiger partial charge in [-0.1, -0.05) is 95.6 Å². The maximum absolute atomic E-state index is 12.2. The number of fused-ring (bicyclic) bond motifs is 1. The molecule has 0 saturated carbocycles. The number of thioether (sulfide) groups is 2. The first-order valence-electron chi connectivity index (χ1n) is 9.59. The summed E-state index contributed by atoms with van der Waals surface area (Å²) in [4.78, 5) is 23.6. The van der Waals surface area contributed by atoms with Crippen LogP contribution in [0.4, 0.5) is 10.3 Å². The van der Waals surface area contributed by atoms with Crippen molar-refractivity contribution < 1.29 is 9.59 Å². The van der Waals surface area contributed by atoms with Crippen LogP contribution in [0.15, 0.2) is 51.1 Å². The fraction of sp³-hybridized carbons (Fsp3) is 0.200. The molecule has 0 fully saturated rings. The Labute approximate surface area is 200 Å². The van der Waals surface area contributed by atoms with E-state index in [1.807, 2.05) is 12.1 Å². The number of hydrogen-bond acceptors (Lipinski definition) is 10. The lowest BCUT2D eigenvalue weighted by molar-refractivity contribution is -0.116. The van der Waals surface area contributed by atoms with E-state index < -0.39 is 0 Å². The molecular weight excluding hydrogens is 485 g/mol. The number of carbonyl (C=O) groups is 2. The van der Waals surface area contributed by atoms with Crippen LogP contribution in [0.5, 0.6) is 0 Å². The fourth-order valence-corrected chi connectivity index (χ4v) is 6.03. The Morgan fingerprint density at radius 3 is 2.25 bits per heavy atom. The van der Waals surface area contributed by atoms with E-state index in [2.05, 4.69) is 61.4 Å². The number of amides is 2. The molecule has 2 aromatic heterocycles. The summed E-state index contributed by atoms with van der Waals surface area (Å²) >= 11 is 5.43. The molecule has 4 rings (SSSR count). The van der Waals surface area contributed by atoms with E-state index in [0.717, 1.165) is 10.1 Å². The van der Waals surface area contributed by atoms with E-state index in [-0.39, 0.29) is 17.6 Å². The molecular formula is C20H18N6O2S4. The van der Waals surface area contributed by atoms with Crippen molar-refractivity contribution in [2.45, 2.75) is 27.8 Å². The van der Waals surface area contributed by atoms with Crippen LogP contribution in [0.3, 0.4) is 0 Å². The third-order valence-corrected chi connectivity index (χ3v) is 8.18. The van der Waals surface area contributed by atoms with Gasteiger partial charge >= 0.3 is 0 Å². The molecule has 0 unspecified atom stereocenters. The molecule has 8 nitrogen and oxygen atoms in total. The van der Waals surface area contributed by atoms with Gasteiger partial charge in [0.2, 0.25) is 22.1 Å². The maximum Gasteiger partial charge on any atom is 0.236 e. The van der Waals surface area contributed by atoms with Crippen molar-refractivity contribution in [1.82, 2.24) is 20.4 Å². The van der Waals surface area contributed by atoms with Crippen molar-refractivity contribution in [3.8, 4) is 0 Å². The van der Waals surface area contributed by atoms with Crippen LogP contribution in [0.1, 0.15) is 18.9 Å². The number of hydrogen-bond donors (Lipinski definition) is 2. The van der Waals surface area contributed by atoms with Gasteiger partial charge in [0, 0.05) is 12.2 Å². The number of benzene rings is 2. The number of rotatable bonds is 9. The molecule has 2 aromatic carbocycles. The highest BCUT2D eigenvalue weighted by Gasteiger charge is 2.12. The first-order chi connectivity index (χ1) is 15.6. The average Bonchev–Trinajstić information content (AvgIpc) is 3.45. The molecule has 0 spiro atoms. The molecule has 0 saturated heterocycles. The van der Waals surface area contributed by atoms with E-state index >= 15 is 0 Å². The fourth-order valence-electron chi connectivity index (χ4n) is 2.69. The lowest BCUT2D eigenvalue weighted by Gasteiger charge is -2.04. The molecule has 32 heavy (non-hydrogen) atoms. The summed E-state index contributed by atoms with van der Waals surface area (Å²) in [6.07, 6.45) is 0.370. The third-order valence-electron chi connectivity index (χ3n) is 4.18. The van der Waals surface area contributed by atoms with Crippen molar-refractivity contribution in [3.05, 3.63) is 48.0 Å². The third kappa shape index (κ3) is 6.03. The zero-order valence-electron chi connectivity index (χ0n) is 16.9. The van der Waals surface area contributed by atoms with Gasteiger partial charge in [0.05, 0.1) is 5.75 Å². The minimum atomic E-state index is -0.203. The Kier molecular flexibility index (Phi) is 7.68. The van der Waals surface area contributed by atoms with Crippen LogP contribution in [0, 0.1) is 0 Å². The Bertz CT molecular complexity index is 1240. The van der Waals surface area contributed by atoms with E-state index in [1.54, 1.807) is 18.7 Å². The number of nitrogens with one attached hydrogen (secondary N) is 2. The van der Waals surface area contributed by atoms with Gasteiger partial charge in [0.15, 0.2) is 8.68 Å². The monoisotopic (exact) mass is 502 g/mol. The molecule has 4 aromatic rings. The van der Waals surface area contributed by atoms with Crippen molar-refractivity contribution >= 4 is 79.0 Å². The SMILES string of the molecule is CCC(=O)Nc1nnc(SCC(=O)Nc2nnc(SCc3cccc4ccccc34)s2)s1. The van der Waals surface area contributed by atoms with Crippen LogP contribution in [0.2, 0.25) is 0 Å².